The Balaban J connectivity index is 1.32. The number of hydrazone groups is 1. The van der Waals surface area contributed by atoms with Gasteiger partial charge in [0.2, 0.25) is 0 Å². The number of hydrogen-bond donors (Lipinski definition) is 2. The topological polar surface area (TPSA) is 88.6 Å². The maximum atomic E-state index is 12.3. The predicted octanol–water partition coefficient (Wildman–Crippen LogP) is 4.74. The van der Waals surface area contributed by atoms with Gasteiger partial charge in [-0.25, -0.2) is 5.43 Å². The number of rotatable bonds is 8. The van der Waals surface area contributed by atoms with Crippen LogP contribution in [-0.4, -0.2) is 29.4 Å². The quantitative estimate of drug-likeness (QED) is 0.306. The molecule has 33 heavy (non-hydrogen) atoms. The smallest absolute Gasteiger partial charge is 0.289 e. The number of aryl methyl sites for hydroxylation is 1. The van der Waals surface area contributed by atoms with Gasteiger partial charge in [0.25, 0.3) is 5.91 Å². The summed E-state index contributed by atoms with van der Waals surface area (Å²) in [5.74, 6) is 1.14. The Morgan fingerprint density at radius 1 is 1.00 bits per heavy atom. The van der Waals surface area contributed by atoms with E-state index in [-0.39, 0.29) is 5.91 Å². The van der Waals surface area contributed by atoms with E-state index in [1.807, 2.05) is 48.5 Å². The Morgan fingerprint density at radius 2 is 1.70 bits per heavy atom. The number of H-pyrrole nitrogens is 1. The molecule has 0 aliphatic heterocycles. The van der Waals surface area contributed by atoms with Gasteiger partial charge in [-0.2, -0.15) is 10.2 Å². The molecule has 4 aromatic rings. The monoisotopic (exact) mass is 440 g/mol. The van der Waals surface area contributed by atoms with E-state index < -0.39 is 0 Å². The molecule has 7 heteroatoms. The van der Waals surface area contributed by atoms with Crippen molar-refractivity contribution in [1.29, 1.82) is 0 Å². The number of aromatic amines is 1. The summed E-state index contributed by atoms with van der Waals surface area (Å²) in [6.45, 7) is 2.56. The van der Waals surface area contributed by atoms with Gasteiger partial charge in [0.05, 0.1) is 19.0 Å². The molecule has 0 fully saturated rings. The lowest BCUT2D eigenvalue weighted by atomic mass is 10.1. The Bertz CT molecular complexity index is 1230. The molecule has 0 aliphatic carbocycles. The van der Waals surface area contributed by atoms with Crippen molar-refractivity contribution in [3.05, 3.63) is 101 Å². The number of aromatic nitrogens is 2. The van der Waals surface area contributed by atoms with Crippen LogP contribution in [0.4, 0.5) is 0 Å². The summed E-state index contributed by atoms with van der Waals surface area (Å²) < 4.78 is 11.0. The van der Waals surface area contributed by atoms with Crippen LogP contribution in [0.5, 0.6) is 11.5 Å². The zero-order valence-electron chi connectivity index (χ0n) is 18.4. The molecular formula is C26H24N4O3. The van der Waals surface area contributed by atoms with Crippen molar-refractivity contribution < 1.29 is 14.3 Å². The van der Waals surface area contributed by atoms with E-state index in [2.05, 4.69) is 51.9 Å². The molecule has 0 bridgehead atoms. The van der Waals surface area contributed by atoms with Crippen molar-refractivity contribution >= 4 is 12.1 Å². The predicted molar refractivity (Wildman–Crippen MR) is 128 cm³/mol. The first-order chi connectivity index (χ1) is 16.1. The number of nitrogens with one attached hydrogen (secondary N) is 2. The van der Waals surface area contributed by atoms with Gasteiger partial charge in [-0.15, -0.1) is 0 Å². The number of hydrogen-bond acceptors (Lipinski definition) is 5. The van der Waals surface area contributed by atoms with Gasteiger partial charge in [-0.3, -0.25) is 9.89 Å². The molecule has 166 valence electrons. The van der Waals surface area contributed by atoms with Crippen molar-refractivity contribution in [3.63, 3.8) is 0 Å². The molecule has 0 aliphatic rings. The number of carbonyl (C=O) groups is 1. The minimum atomic E-state index is -0.378. The molecule has 4 rings (SSSR count). The van der Waals surface area contributed by atoms with Crippen LogP contribution in [0, 0.1) is 6.92 Å². The van der Waals surface area contributed by atoms with Crippen LogP contribution < -0.4 is 14.9 Å². The van der Waals surface area contributed by atoms with Crippen molar-refractivity contribution in [1.82, 2.24) is 15.6 Å². The third kappa shape index (κ3) is 5.86. The summed E-state index contributed by atoms with van der Waals surface area (Å²) in [4.78, 5) is 12.3. The van der Waals surface area contributed by atoms with Crippen LogP contribution in [-0.2, 0) is 6.61 Å². The van der Waals surface area contributed by atoms with Gasteiger partial charge < -0.3 is 9.47 Å². The van der Waals surface area contributed by atoms with E-state index in [1.54, 1.807) is 19.4 Å². The summed E-state index contributed by atoms with van der Waals surface area (Å²) in [6, 6.07) is 24.8. The highest BCUT2D eigenvalue weighted by Crippen LogP contribution is 2.22. The molecule has 0 radical (unpaired) electrons. The first-order valence-corrected chi connectivity index (χ1v) is 10.4. The van der Waals surface area contributed by atoms with Crippen LogP contribution >= 0.6 is 0 Å². The molecule has 0 spiro atoms. The molecule has 2 N–H and O–H groups in total. The maximum Gasteiger partial charge on any atom is 0.289 e. The standard InChI is InChI=1S/C26H24N4O3/c1-18-3-5-20(6-4-18)17-33-23-13-9-21(10-14-23)24-15-25(29-28-24)26(31)30-27-16-19-7-11-22(32-2)12-8-19/h3-16H,17H2,1-2H3,(H,28,29)(H,30,31)/b27-16-. The molecule has 0 atom stereocenters. The van der Waals surface area contributed by atoms with Gasteiger partial charge in [-0.1, -0.05) is 29.8 Å². The first-order valence-electron chi connectivity index (χ1n) is 10.4. The first kappa shape index (κ1) is 21.8. The SMILES string of the molecule is COc1ccc(/C=N\NC(=O)c2cc(-c3ccc(OCc4ccc(C)cc4)cc3)n[nH]2)cc1. The van der Waals surface area contributed by atoms with E-state index in [4.69, 9.17) is 9.47 Å². The summed E-state index contributed by atoms with van der Waals surface area (Å²) in [6.07, 6.45) is 1.56. The van der Waals surface area contributed by atoms with Crippen molar-refractivity contribution in [3.8, 4) is 22.8 Å². The van der Waals surface area contributed by atoms with Gasteiger partial charge in [-0.05, 0) is 72.6 Å². The van der Waals surface area contributed by atoms with E-state index in [0.717, 1.165) is 28.2 Å². The Morgan fingerprint density at radius 3 is 2.39 bits per heavy atom. The molecule has 0 unspecified atom stereocenters. The number of nitrogens with zero attached hydrogens (tertiary/aromatic N) is 2. The lowest BCUT2D eigenvalue weighted by Crippen LogP contribution is -2.17. The Labute approximate surface area is 192 Å². The second-order valence-corrected chi connectivity index (χ2v) is 7.44. The van der Waals surface area contributed by atoms with E-state index in [9.17, 15) is 4.79 Å². The average molecular weight is 441 g/mol. The second kappa shape index (κ2) is 10.3. The minimum absolute atomic E-state index is 0.316. The largest absolute Gasteiger partial charge is 0.497 e. The molecule has 1 amide bonds. The lowest BCUT2D eigenvalue weighted by Gasteiger charge is -2.07. The highest BCUT2D eigenvalue weighted by Gasteiger charge is 2.10. The zero-order valence-corrected chi connectivity index (χ0v) is 18.4. The van der Waals surface area contributed by atoms with Crippen LogP contribution in [0.3, 0.4) is 0 Å². The third-order valence-corrected chi connectivity index (χ3v) is 4.99. The Kier molecular flexibility index (Phi) is 6.80. The van der Waals surface area contributed by atoms with Crippen LogP contribution in [0.25, 0.3) is 11.3 Å². The number of ether oxygens (including phenoxy) is 2. The normalized spacial score (nSPS) is 10.8. The van der Waals surface area contributed by atoms with Gasteiger partial charge >= 0.3 is 0 Å². The van der Waals surface area contributed by atoms with Crippen LogP contribution in [0.2, 0.25) is 0 Å². The van der Waals surface area contributed by atoms with Crippen molar-refractivity contribution in [2.45, 2.75) is 13.5 Å². The fourth-order valence-corrected chi connectivity index (χ4v) is 3.07. The summed E-state index contributed by atoms with van der Waals surface area (Å²) >= 11 is 0. The molecule has 0 saturated heterocycles. The number of carbonyl (C=O) groups excluding carboxylic acids is 1. The molecule has 0 saturated carbocycles. The third-order valence-electron chi connectivity index (χ3n) is 4.99. The van der Waals surface area contributed by atoms with Crippen molar-refractivity contribution in [2.24, 2.45) is 5.10 Å². The highest BCUT2D eigenvalue weighted by molar-refractivity contribution is 5.94. The molecule has 1 heterocycles. The van der Waals surface area contributed by atoms with Crippen LogP contribution in [0.15, 0.2) is 84.0 Å². The van der Waals surface area contributed by atoms with Crippen LogP contribution in [0.1, 0.15) is 27.2 Å². The van der Waals surface area contributed by atoms with Gasteiger partial charge in [0.15, 0.2) is 0 Å². The fourth-order valence-electron chi connectivity index (χ4n) is 3.07. The Hall–Kier alpha value is -4.39. The number of amides is 1. The molecule has 1 aromatic heterocycles. The van der Waals surface area contributed by atoms with Crippen molar-refractivity contribution in [2.75, 3.05) is 7.11 Å². The number of benzene rings is 3. The molecular weight excluding hydrogens is 416 g/mol. The summed E-state index contributed by atoms with van der Waals surface area (Å²) in [5, 5.41) is 11.0. The molecule has 3 aromatic carbocycles. The number of methoxy groups -OCH3 is 1. The van der Waals surface area contributed by atoms with E-state index in [0.29, 0.717) is 18.0 Å². The highest BCUT2D eigenvalue weighted by atomic mass is 16.5. The lowest BCUT2D eigenvalue weighted by molar-refractivity contribution is 0.0950. The van der Waals surface area contributed by atoms with E-state index >= 15 is 0 Å². The maximum absolute atomic E-state index is 12.3. The molecule has 7 nitrogen and oxygen atoms in total. The zero-order chi connectivity index (χ0) is 23.0. The fraction of sp³-hybridized carbons (Fsp3) is 0.115. The second-order valence-electron chi connectivity index (χ2n) is 7.44. The van der Waals surface area contributed by atoms with Gasteiger partial charge in [0.1, 0.15) is 23.8 Å². The summed E-state index contributed by atoms with van der Waals surface area (Å²) in [5.41, 5.74) is 7.51. The summed E-state index contributed by atoms with van der Waals surface area (Å²) in [7, 11) is 1.61. The minimum Gasteiger partial charge on any atom is -0.497 e. The van der Waals surface area contributed by atoms with E-state index in [1.165, 1.54) is 5.56 Å². The van der Waals surface area contributed by atoms with Gasteiger partial charge in [0, 0.05) is 5.56 Å². The average Bonchev–Trinajstić information content (AvgIpc) is 3.35.